The van der Waals surface area contributed by atoms with Crippen LogP contribution < -0.4 is 5.43 Å². The van der Waals surface area contributed by atoms with E-state index in [4.69, 9.17) is 11.6 Å². The topological polar surface area (TPSA) is 56.1 Å². The number of halogens is 1. The number of carbonyl (C=O) groups excluding carboxylic acids is 1. The second-order valence-corrected chi connectivity index (χ2v) is 8.13. The van der Waals surface area contributed by atoms with Gasteiger partial charge in [0.1, 0.15) is 5.54 Å². The Hall–Kier alpha value is -1.57. The highest BCUT2D eigenvalue weighted by Gasteiger charge is 2.78. The highest BCUT2D eigenvalue weighted by Crippen LogP contribution is 2.75. The van der Waals surface area contributed by atoms with Crippen molar-refractivity contribution < 1.29 is 4.79 Å². The number of nitrogens with zero attached hydrogens (tertiary/aromatic N) is 2. The first-order valence-corrected chi connectivity index (χ1v) is 8.50. The van der Waals surface area contributed by atoms with Crippen LogP contribution in [0.1, 0.15) is 43.5 Å². The normalized spacial score (nSPS) is 41.0. The van der Waals surface area contributed by atoms with Gasteiger partial charge in [0, 0.05) is 22.5 Å². The molecule has 1 amide bonds. The summed E-state index contributed by atoms with van der Waals surface area (Å²) < 4.78 is 0. The quantitative estimate of drug-likeness (QED) is 0.904. The van der Waals surface area contributed by atoms with E-state index in [1.54, 1.807) is 24.3 Å². The largest absolute Gasteiger partial charge is 0.283 e. The molecule has 23 heavy (non-hydrogen) atoms. The molecule has 1 aromatic rings. The van der Waals surface area contributed by atoms with Crippen molar-refractivity contribution in [3.63, 3.8) is 0 Å². The van der Waals surface area contributed by atoms with Gasteiger partial charge in [0.15, 0.2) is 0 Å². The molecule has 1 heterocycles. The SMILES string of the molecule is C[C@@]12CC[C@@H]3C[C@@]1(C#N)N(NC(=O)c1ccc(Cl)cc1)C[C@@]32C. The molecule has 5 heteroatoms. The number of nitriles is 1. The Balaban J connectivity index is 1.63. The lowest BCUT2D eigenvalue weighted by molar-refractivity contribution is 0.0240. The summed E-state index contributed by atoms with van der Waals surface area (Å²) in [5.41, 5.74) is 3.04. The standard InChI is InChI=1S/C18H20ClN3O/c1-16-11-22(21-15(23)12-3-5-14(19)6-4-12)18(10-20)9-13(16)7-8-17(16,18)2/h3-6,13H,7-9,11H2,1-2H3,(H,21,23)/t13-,16+,17+,18+/m1/s1. The van der Waals surface area contributed by atoms with Crippen LogP contribution in [0.5, 0.6) is 0 Å². The Morgan fingerprint density at radius 3 is 2.70 bits per heavy atom. The van der Waals surface area contributed by atoms with Gasteiger partial charge in [-0.3, -0.25) is 10.2 Å². The molecule has 0 spiro atoms. The Labute approximate surface area is 141 Å². The van der Waals surface area contributed by atoms with Crippen molar-refractivity contribution in [1.29, 1.82) is 5.26 Å². The molecule has 2 aliphatic carbocycles. The number of amides is 1. The molecule has 120 valence electrons. The highest BCUT2D eigenvalue weighted by molar-refractivity contribution is 6.30. The van der Waals surface area contributed by atoms with Gasteiger partial charge in [0.25, 0.3) is 5.91 Å². The maximum absolute atomic E-state index is 12.6. The fourth-order valence-electron chi connectivity index (χ4n) is 5.43. The smallest absolute Gasteiger partial charge is 0.265 e. The van der Waals surface area contributed by atoms with Crippen molar-refractivity contribution in [3.8, 4) is 6.07 Å². The number of hydrogen-bond donors (Lipinski definition) is 1. The first-order valence-electron chi connectivity index (χ1n) is 8.12. The van der Waals surface area contributed by atoms with Crippen molar-refractivity contribution in [3.05, 3.63) is 34.9 Å². The molecule has 1 aromatic carbocycles. The van der Waals surface area contributed by atoms with E-state index in [1.165, 1.54) is 6.42 Å². The van der Waals surface area contributed by atoms with E-state index in [2.05, 4.69) is 25.3 Å². The third-order valence-electron chi connectivity index (χ3n) is 7.08. The van der Waals surface area contributed by atoms with Crippen LogP contribution in [0.4, 0.5) is 0 Å². The molecule has 0 radical (unpaired) electrons. The third kappa shape index (κ3) is 1.62. The van der Waals surface area contributed by atoms with Crippen LogP contribution in [0.3, 0.4) is 0 Å². The highest BCUT2D eigenvalue weighted by atomic mass is 35.5. The van der Waals surface area contributed by atoms with Crippen molar-refractivity contribution in [1.82, 2.24) is 10.4 Å². The second kappa shape index (κ2) is 4.49. The van der Waals surface area contributed by atoms with Gasteiger partial charge < -0.3 is 0 Å². The molecule has 4 nitrogen and oxygen atoms in total. The molecule has 0 aromatic heterocycles. The molecule has 1 N–H and O–H groups in total. The van der Waals surface area contributed by atoms with Crippen molar-refractivity contribution >= 4 is 17.5 Å². The van der Waals surface area contributed by atoms with E-state index in [1.807, 2.05) is 5.01 Å². The number of hydrogen-bond acceptors (Lipinski definition) is 3. The molecule has 2 saturated carbocycles. The van der Waals surface area contributed by atoms with Gasteiger partial charge in [-0.15, -0.1) is 0 Å². The molecule has 1 aliphatic heterocycles. The summed E-state index contributed by atoms with van der Waals surface area (Å²) in [6.07, 6.45) is 3.13. The van der Waals surface area contributed by atoms with Gasteiger partial charge in [-0.05, 0) is 54.9 Å². The average Bonchev–Trinajstić information content (AvgIpc) is 2.96. The molecule has 3 aliphatic rings. The van der Waals surface area contributed by atoms with E-state index in [-0.39, 0.29) is 16.7 Å². The summed E-state index contributed by atoms with van der Waals surface area (Å²) in [6, 6.07) is 9.40. The monoisotopic (exact) mass is 329 g/mol. The number of piperidine rings is 1. The molecule has 1 saturated heterocycles. The van der Waals surface area contributed by atoms with E-state index in [9.17, 15) is 10.1 Å². The van der Waals surface area contributed by atoms with Gasteiger partial charge in [-0.1, -0.05) is 25.4 Å². The van der Waals surface area contributed by atoms with Crippen LogP contribution in [0.2, 0.25) is 5.02 Å². The van der Waals surface area contributed by atoms with Crippen LogP contribution >= 0.6 is 11.6 Å². The van der Waals surface area contributed by atoms with Crippen molar-refractivity contribution in [2.45, 2.75) is 38.6 Å². The first-order chi connectivity index (χ1) is 10.9. The molecule has 3 fully saturated rings. The zero-order valence-electron chi connectivity index (χ0n) is 13.4. The number of rotatable bonds is 2. The third-order valence-corrected chi connectivity index (χ3v) is 7.34. The first kappa shape index (κ1) is 15.0. The molecular formula is C18H20ClN3O. The minimum atomic E-state index is -0.577. The fourth-order valence-corrected chi connectivity index (χ4v) is 5.56. The van der Waals surface area contributed by atoms with Crippen LogP contribution in [0, 0.1) is 28.1 Å². The van der Waals surface area contributed by atoms with Crippen LogP contribution in [-0.4, -0.2) is 23.0 Å². The van der Waals surface area contributed by atoms with Crippen molar-refractivity contribution in [2.24, 2.45) is 16.7 Å². The number of hydrazine groups is 1. The predicted octanol–water partition coefficient (Wildman–Crippen LogP) is 3.39. The zero-order valence-corrected chi connectivity index (χ0v) is 14.2. The van der Waals surface area contributed by atoms with E-state index in [0.717, 1.165) is 19.4 Å². The summed E-state index contributed by atoms with van der Waals surface area (Å²) >= 11 is 5.88. The Bertz CT molecular complexity index is 727. The number of benzene rings is 1. The number of nitrogens with one attached hydrogen (secondary N) is 1. The molecule has 0 unspecified atom stereocenters. The Morgan fingerprint density at radius 2 is 2.09 bits per heavy atom. The maximum atomic E-state index is 12.6. The predicted molar refractivity (Wildman–Crippen MR) is 87.5 cm³/mol. The fraction of sp³-hybridized carbons (Fsp3) is 0.556. The lowest BCUT2D eigenvalue weighted by Gasteiger charge is -2.42. The summed E-state index contributed by atoms with van der Waals surface area (Å²) in [7, 11) is 0. The summed E-state index contributed by atoms with van der Waals surface area (Å²) in [5.74, 6) is 0.419. The second-order valence-electron chi connectivity index (χ2n) is 7.70. The average molecular weight is 330 g/mol. The summed E-state index contributed by atoms with van der Waals surface area (Å²) in [4.78, 5) is 12.6. The minimum Gasteiger partial charge on any atom is -0.283 e. The molecule has 4 rings (SSSR count). The van der Waals surface area contributed by atoms with Gasteiger partial charge >= 0.3 is 0 Å². The number of carbonyl (C=O) groups is 1. The van der Waals surface area contributed by atoms with Crippen molar-refractivity contribution in [2.75, 3.05) is 6.54 Å². The molecule has 4 bridgehead atoms. The van der Waals surface area contributed by atoms with Gasteiger partial charge in [0.05, 0.1) is 6.07 Å². The molecule has 4 atom stereocenters. The van der Waals surface area contributed by atoms with Crippen LogP contribution in [0.15, 0.2) is 24.3 Å². The van der Waals surface area contributed by atoms with Crippen LogP contribution in [-0.2, 0) is 0 Å². The van der Waals surface area contributed by atoms with Crippen LogP contribution in [0.25, 0.3) is 0 Å². The maximum Gasteiger partial charge on any atom is 0.265 e. The lowest BCUT2D eigenvalue weighted by atomic mass is 9.66. The summed E-state index contributed by atoms with van der Waals surface area (Å²) in [5, 5.41) is 12.5. The Kier molecular flexibility index (Phi) is 2.93. The van der Waals surface area contributed by atoms with E-state index >= 15 is 0 Å². The van der Waals surface area contributed by atoms with E-state index in [0.29, 0.717) is 16.5 Å². The van der Waals surface area contributed by atoms with Gasteiger partial charge in [0.2, 0.25) is 0 Å². The molecular weight excluding hydrogens is 310 g/mol. The lowest BCUT2D eigenvalue weighted by Crippen LogP contribution is -2.59. The summed E-state index contributed by atoms with van der Waals surface area (Å²) in [6.45, 7) is 5.27. The van der Waals surface area contributed by atoms with E-state index < -0.39 is 5.54 Å². The van der Waals surface area contributed by atoms with Gasteiger partial charge in [-0.25, -0.2) is 0 Å². The Morgan fingerprint density at radius 1 is 1.39 bits per heavy atom. The zero-order chi connectivity index (χ0) is 16.5. The van der Waals surface area contributed by atoms with Gasteiger partial charge in [-0.2, -0.15) is 10.3 Å². The minimum absolute atomic E-state index is 0.0489.